The Morgan fingerprint density at radius 1 is 0.917 bits per heavy atom. The molecule has 9 nitrogen and oxygen atoms in total. The van der Waals surface area contributed by atoms with Crippen molar-refractivity contribution in [2.75, 3.05) is 6.54 Å². The minimum Gasteiger partial charge on any atom is -0.478 e. The summed E-state index contributed by atoms with van der Waals surface area (Å²) in [6, 6.07) is 1.17. The van der Waals surface area contributed by atoms with Gasteiger partial charge >= 0.3 is 12.1 Å². The van der Waals surface area contributed by atoms with E-state index in [9.17, 15) is 37.1 Å². The number of carboxylic acids is 1. The third-order valence-electron chi connectivity index (χ3n) is 5.98. The first-order valence-corrected chi connectivity index (χ1v) is 11.5. The highest BCUT2D eigenvalue weighted by molar-refractivity contribution is 6.00. The van der Waals surface area contributed by atoms with E-state index in [2.05, 4.69) is 10.6 Å². The van der Waals surface area contributed by atoms with Crippen LogP contribution in [-0.2, 0) is 14.4 Å². The van der Waals surface area contributed by atoms with Crippen LogP contribution in [0, 0.1) is 11.8 Å². The third kappa shape index (κ3) is 6.82. The van der Waals surface area contributed by atoms with E-state index >= 15 is 0 Å². The Morgan fingerprint density at radius 2 is 1.44 bits per heavy atom. The van der Waals surface area contributed by atoms with Crippen LogP contribution in [0.15, 0.2) is 24.3 Å². The Balaban J connectivity index is 2.18. The maximum absolute atomic E-state index is 13.3. The van der Waals surface area contributed by atoms with Crippen LogP contribution in [0.4, 0.5) is 13.2 Å². The zero-order valence-electron chi connectivity index (χ0n) is 20.4. The molecule has 0 radical (unpaired) electrons. The van der Waals surface area contributed by atoms with E-state index in [0.717, 1.165) is 0 Å². The van der Waals surface area contributed by atoms with Crippen LogP contribution in [0.25, 0.3) is 0 Å². The number of rotatable bonds is 9. The molecular formula is C24H30F3N3O6. The van der Waals surface area contributed by atoms with E-state index in [1.165, 1.54) is 43.0 Å². The van der Waals surface area contributed by atoms with Gasteiger partial charge in [-0.25, -0.2) is 4.79 Å². The minimum absolute atomic E-state index is 0.0161. The van der Waals surface area contributed by atoms with Crippen molar-refractivity contribution in [1.82, 2.24) is 15.5 Å². The predicted octanol–water partition coefficient (Wildman–Crippen LogP) is 2.40. The van der Waals surface area contributed by atoms with Crippen LogP contribution in [-0.4, -0.2) is 70.3 Å². The summed E-state index contributed by atoms with van der Waals surface area (Å²) in [6.45, 7) is 6.26. The number of carbonyl (C=O) groups excluding carboxylic acids is 4. The Hall–Kier alpha value is -3.44. The summed E-state index contributed by atoms with van der Waals surface area (Å²) in [5.74, 6) is -6.54. The summed E-state index contributed by atoms with van der Waals surface area (Å²) in [4.78, 5) is 62.9. The van der Waals surface area contributed by atoms with Crippen molar-refractivity contribution >= 4 is 29.5 Å². The van der Waals surface area contributed by atoms with Gasteiger partial charge < -0.3 is 20.6 Å². The zero-order chi connectivity index (χ0) is 27.4. The normalized spacial score (nSPS) is 17.6. The standard InChI is InChI=1S/C24H30F3N3O6/c1-12(2)17(19(31)24(25,26)27)28-21(33)16-6-5-11-30(16)22(34)18(13(3)4)29-20(32)14-7-9-15(10-8-14)23(35)36/h7-10,12-13,16-18H,5-6,11H2,1-4H3,(H,28,33)(H,29,32)(H,35,36)/t16-,17+,18-/m0/s1. The van der Waals surface area contributed by atoms with E-state index in [0.29, 0.717) is 6.42 Å². The number of likely N-dealkylation sites (tertiary alicyclic amines) is 1. The van der Waals surface area contributed by atoms with E-state index in [1.807, 2.05) is 0 Å². The SMILES string of the molecule is CC(C)[C@H](NC(=O)c1ccc(C(=O)O)cc1)C(=O)N1CCC[C@H]1C(=O)N[C@@H](C(=O)C(F)(F)F)C(C)C. The molecule has 3 N–H and O–H groups in total. The molecule has 0 unspecified atom stereocenters. The lowest BCUT2D eigenvalue weighted by Crippen LogP contribution is -2.58. The topological polar surface area (TPSA) is 133 Å². The fraction of sp³-hybridized carbons (Fsp3) is 0.542. The van der Waals surface area contributed by atoms with Crippen molar-refractivity contribution in [1.29, 1.82) is 0 Å². The summed E-state index contributed by atoms with van der Waals surface area (Å²) < 4.78 is 38.9. The van der Waals surface area contributed by atoms with Crippen molar-refractivity contribution in [2.24, 2.45) is 11.8 Å². The lowest BCUT2D eigenvalue weighted by Gasteiger charge is -2.32. The first-order valence-electron chi connectivity index (χ1n) is 11.5. The van der Waals surface area contributed by atoms with E-state index in [1.54, 1.807) is 13.8 Å². The Labute approximate surface area is 206 Å². The molecule has 2 rings (SSSR count). The molecule has 3 amide bonds. The van der Waals surface area contributed by atoms with Crippen LogP contribution in [0.1, 0.15) is 61.3 Å². The number of aromatic carboxylic acids is 1. The van der Waals surface area contributed by atoms with Gasteiger partial charge in [0.05, 0.1) is 11.6 Å². The Morgan fingerprint density at radius 3 is 1.92 bits per heavy atom. The first-order chi connectivity index (χ1) is 16.6. The minimum atomic E-state index is -5.12. The molecule has 0 aromatic heterocycles. The number of ketones is 1. The lowest BCUT2D eigenvalue weighted by atomic mass is 9.98. The van der Waals surface area contributed by atoms with Gasteiger partial charge in [-0.1, -0.05) is 27.7 Å². The van der Waals surface area contributed by atoms with Gasteiger partial charge in [0.15, 0.2) is 0 Å². The largest absolute Gasteiger partial charge is 0.478 e. The molecule has 0 bridgehead atoms. The maximum Gasteiger partial charge on any atom is 0.452 e. The molecule has 1 aliphatic rings. The predicted molar refractivity (Wildman–Crippen MR) is 122 cm³/mol. The van der Waals surface area contributed by atoms with Gasteiger partial charge in [0.2, 0.25) is 11.8 Å². The molecule has 0 aliphatic carbocycles. The van der Waals surface area contributed by atoms with Gasteiger partial charge in [0, 0.05) is 12.1 Å². The van der Waals surface area contributed by atoms with Crippen molar-refractivity contribution in [3.8, 4) is 0 Å². The number of carbonyl (C=O) groups is 5. The van der Waals surface area contributed by atoms with E-state index < -0.39 is 65.6 Å². The number of alkyl halides is 3. The number of carboxylic acid groups (broad SMARTS) is 1. The second-order valence-corrected chi connectivity index (χ2v) is 9.36. The van der Waals surface area contributed by atoms with Gasteiger partial charge in [-0.2, -0.15) is 13.2 Å². The third-order valence-corrected chi connectivity index (χ3v) is 5.98. The average molecular weight is 514 g/mol. The molecule has 198 valence electrons. The number of nitrogens with zero attached hydrogens (tertiary/aromatic N) is 1. The number of amides is 3. The van der Waals surface area contributed by atoms with Crippen LogP contribution >= 0.6 is 0 Å². The van der Waals surface area contributed by atoms with Gasteiger partial charge in [-0.05, 0) is 48.9 Å². The van der Waals surface area contributed by atoms with Crippen molar-refractivity contribution in [3.05, 3.63) is 35.4 Å². The lowest BCUT2D eigenvalue weighted by molar-refractivity contribution is -0.175. The monoisotopic (exact) mass is 513 g/mol. The fourth-order valence-corrected chi connectivity index (χ4v) is 3.94. The summed E-state index contributed by atoms with van der Waals surface area (Å²) in [5.41, 5.74) is 0.109. The van der Waals surface area contributed by atoms with Crippen LogP contribution in [0.3, 0.4) is 0 Å². The summed E-state index contributed by atoms with van der Waals surface area (Å²) in [5, 5.41) is 13.8. The Kier molecular flexibility index (Phi) is 9.22. The molecular weight excluding hydrogens is 483 g/mol. The van der Waals surface area contributed by atoms with Crippen molar-refractivity contribution in [2.45, 2.75) is 64.8 Å². The van der Waals surface area contributed by atoms with Gasteiger partial charge in [0.1, 0.15) is 12.1 Å². The highest BCUT2D eigenvalue weighted by atomic mass is 19.4. The summed E-state index contributed by atoms with van der Waals surface area (Å²) in [6.07, 6.45) is -4.51. The fourth-order valence-electron chi connectivity index (χ4n) is 3.94. The average Bonchev–Trinajstić information content (AvgIpc) is 3.29. The zero-order valence-corrected chi connectivity index (χ0v) is 20.4. The Bertz CT molecular complexity index is 1010. The molecule has 0 spiro atoms. The number of hydrogen-bond donors (Lipinski definition) is 3. The number of benzene rings is 1. The number of Topliss-reactive ketones (excluding diaryl/α,β-unsaturated/α-hetero) is 1. The molecule has 1 heterocycles. The molecule has 12 heteroatoms. The molecule has 1 aromatic carbocycles. The van der Waals surface area contributed by atoms with Gasteiger partial charge in [-0.15, -0.1) is 0 Å². The van der Waals surface area contributed by atoms with Crippen LogP contribution < -0.4 is 10.6 Å². The maximum atomic E-state index is 13.3. The molecule has 1 saturated heterocycles. The van der Waals surface area contributed by atoms with E-state index in [4.69, 9.17) is 5.11 Å². The number of hydrogen-bond acceptors (Lipinski definition) is 5. The smallest absolute Gasteiger partial charge is 0.452 e. The van der Waals surface area contributed by atoms with E-state index in [-0.39, 0.29) is 24.1 Å². The summed E-state index contributed by atoms with van der Waals surface area (Å²) in [7, 11) is 0. The highest BCUT2D eigenvalue weighted by Crippen LogP contribution is 2.24. The summed E-state index contributed by atoms with van der Waals surface area (Å²) >= 11 is 0. The number of halogens is 3. The molecule has 1 fully saturated rings. The second kappa shape index (κ2) is 11.5. The van der Waals surface area contributed by atoms with Gasteiger partial charge in [0.25, 0.3) is 11.7 Å². The number of nitrogens with one attached hydrogen (secondary N) is 2. The second-order valence-electron chi connectivity index (χ2n) is 9.36. The molecule has 1 aromatic rings. The first kappa shape index (κ1) is 28.8. The molecule has 1 aliphatic heterocycles. The molecule has 3 atom stereocenters. The van der Waals surface area contributed by atoms with Crippen LogP contribution in [0.5, 0.6) is 0 Å². The quantitative estimate of drug-likeness (QED) is 0.465. The van der Waals surface area contributed by atoms with Crippen LogP contribution in [0.2, 0.25) is 0 Å². The van der Waals surface area contributed by atoms with Crippen molar-refractivity contribution < 1.29 is 42.3 Å². The van der Waals surface area contributed by atoms with Gasteiger partial charge in [-0.3, -0.25) is 19.2 Å². The van der Waals surface area contributed by atoms with Crippen molar-refractivity contribution in [3.63, 3.8) is 0 Å². The molecule has 36 heavy (non-hydrogen) atoms. The molecule has 0 saturated carbocycles. The highest BCUT2D eigenvalue weighted by Gasteiger charge is 2.46.